The Hall–Kier alpha value is -3.02. The van der Waals surface area contributed by atoms with E-state index in [1.807, 2.05) is 54.7 Å². The van der Waals surface area contributed by atoms with Crippen LogP contribution in [0.25, 0.3) is 23.1 Å². The molecule has 3 aromatic rings. The van der Waals surface area contributed by atoms with Crippen molar-refractivity contribution in [3.8, 4) is 11.5 Å². The number of aromatic nitrogens is 1. The van der Waals surface area contributed by atoms with Gasteiger partial charge in [-0.25, -0.2) is 8.42 Å². The average Bonchev–Trinajstić information content (AvgIpc) is 2.93. The number of para-hydroxylation sites is 1. The molecule has 0 saturated heterocycles. The zero-order valence-electron chi connectivity index (χ0n) is 22.0. The van der Waals surface area contributed by atoms with Crippen LogP contribution in [0.15, 0.2) is 54.7 Å². The summed E-state index contributed by atoms with van der Waals surface area (Å²) in [6.45, 7) is 4.39. The maximum Gasteiger partial charge on any atom is 0.213 e. The molecule has 2 heterocycles. The van der Waals surface area contributed by atoms with Crippen molar-refractivity contribution >= 4 is 33.2 Å². The van der Waals surface area contributed by atoms with Crippen molar-refractivity contribution < 1.29 is 41.2 Å². The Balaban J connectivity index is 1.48. The van der Waals surface area contributed by atoms with Crippen LogP contribution in [0.1, 0.15) is 24.0 Å². The predicted molar refractivity (Wildman–Crippen MR) is 147 cm³/mol. The van der Waals surface area contributed by atoms with Crippen LogP contribution in [-0.4, -0.2) is 71.6 Å². The zero-order valence-corrected chi connectivity index (χ0v) is 22.8. The van der Waals surface area contributed by atoms with E-state index in [0.29, 0.717) is 83.7 Å². The average molecular weight is 558 g/mol. The Morgan fingerprint density at radius 3 is 2.15 bits per heavy atom. The summed E-state index contributed by atoms with van der Waals surface area (Å²) in [4.78, 5) is 0. The van der Waals surface area contributed by atoms with Crippen molar-refractivity contribution in [3.05, 3.63) is 65.9 Å². The van der Waals surface area contributed by atoms with Crippen LogP contribution in [0.2, 0.25) is 0 Å². The molecule has 0 saturated carbocycles. The van der Waals surface area contributed by atoms with Crippen molar-refractivity contribution in [2.45, 2.75) is 19.4 Å². The third-order valence-corrected chi connectivity index (χ3v) is 6.93. The fourth-order valence-corrected chi connectivity index (χ4v) is 4.78. The molecule has 1 aliphatic rings. The first-order chi connectivity index (χ1) is 19.0. The number of pyridine rings is 1. The molecule has 0 atom stereocenters. The number of hydrogen-bond donors (Lipinski definition) is 0. The summed E-state index contributed by atoms with van der Waals surface area (Å²) in [6, 6.07) is 15.9. The molecule has 10 heteroatoms. The molecule has 39 heavy (non-hydrogen) atoms. The maximum atomic E-state index is 10.9. The maximum absolute atomic E-state index is 10.9. The Bertz CT molecular complexity index is 1340. The van der Waals surface area contributed by atoms with Crippen LogP contribution in [0.5, 0.6) is 11.5 Å². The van der Waals surface area contributed by atoms with Crippen LogP contribution in [0.4, 0.5) is 0 Å². The van der Waals surface area contributed by atoms with Gasteiger partial charge in [-0.3, -0.25) is 0 Å². The number of hydrogen-bond acceptors (Lipinski definition) is 8. The Morgan fingerprint density at radius 1 is 0.769 bits per heavy atom. The zero-order chi connectivity index (χ0) is 27.3. The van der Waals surface area contributed by atoms with E-state index in [9.17, 15) is 13.0 Å². The van der Waals surface area contributed by atoms with Gasteiger partial charge >= 0.3 is 0 Å². The normalized spacial score (nSPS) is 16.1. The van der Waals surface area contributed by atoms with Gasteiger partial charge in [0.05, 0.1) is 55.1 Å². The lowest BCUT2D eigenvalue weighted by molar-refractivity contribution is -0.671. The SMILES string of the molecule is O=S(=O)([O-])CCCC[n+]1ccc(/C=C/c2ccc3c(c2)OCCOCCOCCOCCO3)c2ccccc21. The number of benzene rings is 2. The molecule has 9 nitrogen and oxygen atoms in total. The van der Waals surface area contributed by atoms with E-state index >= 15 is 0 Å². The van der Waals surface area contributed by atoms with Gasteiger partial charge < -0.3 is 28.2 Å². The molecular formula is C29H35NO8S. The summed E-state index contributed by atoms with van der Waals surface area (Å²) in [5.74, 6) is 0.956. The van der Waals surface area contributed by atoms with E-state index in [0.717, 1.165) is 22.0 Å². The van der Waals surface area contributed by atoms with E-state index in [1.54, 1.807) is 0 Å². The predicted octanol–water partition coefficient (Wildman–Crippen LogP) is 3.44. The highest BCUT2D eigenvalue weighted by Gasteiger charge is 2.12. The largest absolute Gasteiger partial charge is 0.748 e. The first-order valence-corrected chi connectivity index (χ1v) is 14.7. The van der Waals surface area contributed by atoms with Crippen molar-refractivity contribution in [2.24, 2.45) is 0 Å². The standard InChI is InChI=1S/C29H35NO8S/c31-39(32,33)22-4-3-12-30-13-11-25(26-5-1-2-6-27(26)30)9-7-24-8-10-28-29(23-24)38-21-19-36-17-15-34-14-16-35-18-20-37-28/h1-2,5-11,13,23H,3-4,12,14-22H2/b9-7+. The summed E-state index contributed by atoms with van der Waals surface area (Å²) >= 11 is 0. The van der Waals surface area contributed by atoms with Gasteiger partial charge in [-0.05, 0) is 35.7 Å². The molecular weight excluding hydrogens is 522 g/mol. The van der Waals surface area contributed by atoms with Crippen LogP contribution in [-0.2, 0) is 30.9 Å². The molecule has 0 aliphatic carbocycles. The number of aryl methyl sites for hydroxylation is 1. The number of rotatable bonds is 7. The van der Waals surface area contributed by atoms with E-state index in [-0.39, 0.29) is 5.75 Å². The van der Waals surface area contributed by atoms with Crippen molar-refractivity contribution in [2.75, 3.05) is 58.6 Å². The third kappa shape index (κ3) is 9.59. The highest BCUT2D eigenvalue weighted by molar-refractivity contribution is 7.85. The number of unbranched alkanes of at least 4 members (excludes halogenated alkanes) is 1. The van der Waals surface area contributed by atoms with E-state index in [1.165, 1.54) is 0 Å². The second kappa shape index (κ2) is 14.9. The van der Waals surface area contributed by atoms with Crippen molar-refractivity contribution in [1.82, 2.24) is 0 Å². The molecule has 1 aromatic heterocycles. The molecule has 1 aliphatic heterocycles. The van der Waals surface area contributed by atoms with Gasteiger partial charge in [-0.15, -0.1) is 0 Å². The van der Waals surface area contributed by atoms with E-state index in [2.05, 4.69) is 16.7 Å². The molecule has 210 valence electrons. The Morgan fingerprint density at radius 2 is 1.44 bits per heavy atom. The molecule has 0 spiro atoms. The van der Waals surface area contributed by atoms with Gasteiger partial charge in [0, 0.05) is 24.3 Å². The molecule has 2 aromatic carbocycles. The first-order valence-electron chi connectivity index (χ1n) is 13.2. The fraction of sp³-hybridized carbons (Fsp3) is 0.414. The first kappa shape index (κ1) is 29.0. The summed E-state index contributed by atoms with van der Waals surface area (Å²) in [7, 11) is -4.18. The third-order valence-electron chi connectivity index (χ3n) is 6.14. The minimum Gasteiger partial charge on any atom is -0.748 e. The highest BCUT2D eigenvalue weighted by atomic mass is 32.2. The molecule has 0 radical (unpaired) electrons. The van der Waals surface area contributed by atoms with Gasteiger partial charge in [0.2, 0.25) is 5.52 Å². The van der Waals surface area contributed by atoms with Crippen LogP contribution in [0.3, 0.4) is 0 Å². The lowest BCUT2D eigenvalue weighted by Crippen LogP contribution is -2.34. The second-order valence-corrected chi connectivity index (χ2v) is 10.5. The summed E-state index contributed by atoms with van der Waals surface area (Å²) in [5.41, 5.74) is 3.04. The highest BCUT2D eigenvalue weighted by Crippen LogP contribution is 2.29. The molecule has 0 amide bonds. The fourth-order valence-electron chi connectivity index (χ4n) is 4.22. The molecule has 0 bridgehead atoms. The van der Waals surface area contributed by atoms with Gasteiger partial charge in [0.25, 0.3) is 0 Å². The Kier molecular flexibility index (Phi) is 11.1. The van der Waals surface area contributed by atoms with Crippen LogP contribution < -0.4 is 14.0 Å². The number of ether oxygens (including phenoxy) is 5. The van der Waals surface area contributed by atoms with E-state index < -0.39 is 10.1 Å². The summed E-state index contributed by atoms with van der Waals surface area (Å²) in [5, 5.41) is 1.07. The number of fused-ring (bicyclic) bond motifs is 2. The lowest BCUT2D eigenvalue weighted by Gasteiger charge is -2.13. The van der Waals surface area contributed by atoms with Crippen molar-refractivity contribution in [3.63, 3.8) is 0 Å². The van der Waals surface area contributed by atoms with Gasteiger partial charge in [-0.2, -0.15) is 4.57 Å². The lowest BCUT2D eigenvalue weighted by atomic mass is 10.1. The second-order valence-electron chi connectivity index (χ2n) is 9.02. The minimum atomic E-state index is -4.18. The quantitative estimate of drug-likeness (QED) is 0.247. The van der Waals surface area contributed by atoms with E-state index in [4.69, 9.17) is 23.7 Å². The monoisotopic (exact) mass is 557 g/mol. The summed E-state index contributed by atoms with van der Waals surface area (Å²) < 4.78 is 63.2. The topological polar surface area (TPSA) is 107 Å². The Labute approximate surface area is 229 Å². The molecule has 4 rings (SSSR count). The van der Waals surface area contributed by atoms with Gasteiger partial charge in [-0.1, -0.05) is 30.4 Å². The number of nitrogens with zero attached hydrogens (tertiary/aromatic N) is 1. The summed E-state index contributed by atoms with van der Waals surface area (Å²) in [6.07, 6.45) is 7.02. The smallest absolute Gasteiger partial charge is 0.213 e. The molecule has 0 fully saturated rings. The van der Waals surface area contributed by atoms with Crippen molar-refractivity contribution in [1.29, 1.82) is 0 Å². The minimum absolute atomic E-state index is 0.336. The molecule has 0 N–H and O–H groups in total. The van der Waals surface area contributed by atoms with Crippen LogP contribution >= 0.6 is 0 Å². The van der Waals surface area contributed by atoms with Gasteiger partial charge in [0.15, 0.2) is 17.7 Å². The van der Waals surface area contributed by atoms with Crippen LogP contribution in [0, 0.1) is 0 Å². The molecule has 0 unspecified atom stereocenters. The van der Waals surface area contributed by atoms with Gasteiger partial charge in [0.1, 0.15) is 19.8 Å².